The molecule has 0 aliphatic carbocycles. The molecule has 8 nitrogen and oxygen atoms in total. The van der Waals surface area contributed by atoms with Crippen molar-refractivity contribution in [2.45, 2.75) is 32.9 Å². The molecule has 4 rings (SSSR count). The highest BCUT2D eigenvalue weighted by atomic mass is 16.6. The standard InChI is InChI=1S/C26H31N5O3/c1-26(2,3)30(18-20-7-5-4-6-8-20)25(32)19-28-13-15-29(16-14-28)23-9-10-24(31(33)34)22-17-27-12-11-21(22)23/h4-12,17H,13-16,18-19H2,1-3H3. The number of aromatic nitrogens is 1. The van der Waals surface area contributed by atoms with Crippen LogP contribution in [0.3, 0.4) is 0 Å². The largest absolute Gasteiger partial charge is 0.368 e. The van der Waals surface area contributed by atoms with Crippen molar-refractivity contribution in [3.05, 3.63) is 76.6 Å². The van der Waals surface area contributed by atoms with Crippen LogP contribution in [0.2, 0.25) is 0 Å². The van der Waals surface area contributed by atoms with Crippen LogP contribution in [0.15, 0.2) is 60.9 Å². The number of amides is 1. The number of carbonyl (C=O) groups excluding carboxylic acids is 1. The number of carbonyl (C=O) groups is 1. The molecule has 2 heterocycles. The second kappa shape index (κ2) is 9.77. The predicted molar refractivity (Wildman–Crippen MR) is 134 cm³/mol. The van der Waals surface area contributed by atoms with Crippen molar-refractivity contribution in [2.24, 2.45) is 0 Å². The van der Waals surface area contributed by atoms with Gasteiger partial charge in [0, 0.05) is 67.8 Å². The average molecular weight is 462 g/mol. The molecule has 0 unspecified atom stereocenters. The van der Waals surface area contributed by atoms with Gasteiger partial charge in [0.2, 0.25) is 5.91 Å². The lowest BCUT2D eigenvalue weighted by Gasteiger charge is -2.40. The van der Waals surface area contributed by atoms with Crippen molar-refractivity contribution in [3.8, 4) is 0 Å². The van der Waals surface area contributed by atoms with Crippen LogP contribution >= 0.6 is 0 Å². The zero-order valence-electron chi connectivity index (χ0n) is 20.0. The minimum atomic E-state index is -0.367. The van der Waals surface area contributed by atoms with E-state index in [1.807, 2.05) is 35.2 Å². The van der Waals surface area contributed by atoms with Crippen LogP contribution in [0.4, 0.5) is 11.4 Å². The van der Waals surface area contributed by atoms with E-state index in [4.69, 9.17) is 0 Å². The molecule has 34 heavy (non-hydrogen) atoms. The van der Waals surface area contributed by atoms with Crippen LogP contribution in [-0.2, 0) is 11.3 Å². The molecule has 1 fully saturated rings. The number of hydrogen-bond donors (Lipinski definition) is 0. The van der Waals surface area contributed by atoms with E-state index < -0.39 is 0 Å². The lowest BCUT2D eigenvalue weighted by atomic mass is 10.0. The van der Waals surface area contributed by atoms with Crippen molar-refractivity contribution in [3.63, 3.8) is 0 Å². The Bertz CT molecular complexity index is 1170. The number of benzene rings is 2. The number of nitro benzene ring substituents is 1. The summed E-state index contributed by atoms with van der Waals surface area (Å²) >= 11 is 0. The Kier molecular flexibility index (Phi) is 6.79. The van der Waals surface area contributed by atoms with Crippen molar-refractivity contribution >= 4 is 28.1 Å². The minimum absolute atomic E-state index is 0.0665. The summed E-state index contributed by atoms with van der Waals surface area (Å²) in [7, 11) is 0. The van der Waals surface area contributed by atoms with Gasteiger partial charge >= 0.3 is 0 Å². The van der Waals surface area contributed by atoms with Crippen molar-refractivity contribution < 1.29 is 9.72 Å². The van der Waals surface area contributed by atoms with Crippen molar-refractivity contribution in [1.29, 1.82) is 0 Å². The molecule has 1 aromatic heterocycles. The van der Waals surface area contributed by atoms with E-state index in [1.165, 1.54) is 0 Å². The third-order valence-corrected chi connectivity index (χ3v) is 6.33. The van der Waals surface area contributed by atoms with Gasteiger partial charge in [0.1, 0.15) is 0 Å². The summed E-state index contributed by atoms with van der Waals surface area (Å²) in [5.74, 6) is 0.122. The lowest BCUT2D eigenvalue weighted by Crippen LogP contribution is -2.53. The van der Waals surface area contributed by atoms with E-state index in [9.17, 15) is 14.9 Å². The highest BCUT2D eigenvalue weighted by Gasteiger charge is 2.29. The molecule has 178 valence electrons. The van der Waals surface area contributed by atoms with Crippen LogP contribution in [0.1, 0.15) is 26.3 Å². The molecule has 0 atom stereocenters. The normalized spacial score (nSPS) is 14.9. The van der Waals surface area contributed by atoms with E-state index in [0.29, 0.717) is 18.5 Å². The van der Waals surface area contributed by atoms with E-state index in [1.54, 1.807) is 18.5 Å². The minimum Gasteiger partial charge on any atom is -0.368 e. The van der Waals surface area contributed by atoms with Crippen LogP contribution < -0.4 is 4.90 Å². The zero-order chi connectivity index (χ0) is 24.3. The lowest BCUT2D eigenvalue weighted by molar-refractivity contribution is -0.383. The second-order valence-electron chi connectivity index (χ2n) is 9.68. The summed E-state index contributed by atoms with van der Waals surface area (Å²) in [6.45, 7) is 10.2. The topological polar surface area (TPSA) is 82.8 Å². The number of anilines is 1. The molecule has 0 saturated carbocycles. The van der Waals surface area contributed by atoms with Gasteiger partial charge in [-0.25, -0.2) is 0 Å². The number of pyridine rings is 1. The van der Waals surface area contributed by atoms with E-state index in [2.05, 4.69) is 47.7 Å². The fraction of sp³-hybridized carbons (Fsp3) is 0.385. The molecule has 8 heteroatoms. The quantitative estimate of drug-likeness (QED) is 0.406. The Balaban J connectivity index is 1.43. The maximum absolute atomic E-state index is 13.3. The molecule has 1 aliphatic heterocycles. The molecule has 0 spiro atoms. The molecule has 3 aromatic rings. The van der Waals surface area contributed by atoms with Crippen LogP contribution in [0.25, 0.3) is 10.8 Å². The Hall–Kier alpha value is -3.52. The van der Waals surface area contributed by atoms with Crippen LogP contribution in [0.5, 0.6) is 0 Å². The molecule has 1 saturated heterocycles. The summed E-state index contributed by atoms with van der Waals surface area (Å²) in [5, 5.41) is 12.8. The summed E-state index contributed by atoms with van der Waals surface area (Å²) in [6.07, 6.45) is 3.22. The molecule has 0 radical (unpaired) electrons. The number of nitrogens with zero attached hydrogens (tertiary/aromatic N) is 5. The molecular weight excluding hydrogens is 430 g/mol. The van der Waals surface area contributed by atoms with Gasteiger partial charge in [0.05, 0.1) is 16.9 Å². The maximum atomic E-state index is 13.3. The smallest absolute Gasteiger partial charge is 0.278 e. The Morgan fingerprint density at radius 3 is 2.38 bits per heavy atom. The van der Waals surface area contributed by atoms with Gasteiger partial charge in [-0.2, -0.15) is 0 Å². The van der Waals surface area contributed by atoms with Gasteiger partial charge in [0.15, 0.2) is 0 Å². The van der Waals surface area contributed by atoms with E-state index >= 15 is 0 Å². The summed E-state index contributed by atoms with van der Waals surface area (Å²) < 4.78 is 0. The number of piperazine rings is 1. The highest BCUT2D eigenvalue weighted by Crippen LogP contribution is 2.33. The molecular formula is C26H31N5O3. The Labute approximate surface area is 199 Å². The zero-order valence-corrected chi connectivity index (χ0v) is 20.0. The van der Waals surface area contributed by atoms with Crippen LogP contribution in [-0.4, -0.2) is 63.9 Å². The van der Waals surface area contributed by atoms with E-state index in [0.717, 1.165) is 42.8 Å². The first-order valence-electron chi connectivity index (χ1n) is 11.6. The molecule has 1 aliphatic rings. The number of fused-ring (bicyclic) bond motifs is 1. The van der Waals surface area contributed by atoms with Gasteiger partial charge in [-0.15, -0.1) is 0 Å². The number of non-ortho nitro benzene ring substituents is 1. The second-order valence-corrected chi connectivity index (χ2v) is 9.68. The van der Waals surface area contributed by atoms with Crippen molar-refractivity contribution in [2.75, 3.05) is 37.6 Å². The predicted octanol–water partition coefficient (Wildman–Crippen LogP) is 4.09. The summed E-state index contributed by atoms with van der Waals surface area (Å²) in [6, 6.07) is 15.3. The Morgan fingerprint density at radius 2 is 1.74 bits per heavy atom. The number of nitro groups is 1. The average Bonchev–Trinajstić information content (AvgIpc) is 2.82. The highest BCUT2D eigenvalue weighted by molar-refractivity contribution is 5.99. The molecule has 0 N–H and O–H groups in total. The Morgan fingerprint density at radius 1 is 1.03 bits per heavy atom. The number of rotatable bonds is 6. The van der Waals surface area contributed by atoms with E-state index in [-0.39, 0.29) is 22.1 Å². The van der Waals surface area contributed by atoms with Gasteiger partial charge in [-0.05, 0) is 38.5 Å². The fourth-order valence-electron chi connectivity index (χ4n) is 4.48. The first-order chi connectivity index (χ1) is 16.2. The first kappa shape index (κ1) is 23.6. The monoisotopic (exact) mass is 461 g/mol. The van der Waals surface area contributed by atoms with Gasteiger partial charge in [-0.3, -0.25) is 24.8 Å². The van der Waals surface area contributed by atoms with Crippen molar-refractivity contribution in [1.82, 2.24) is 14.8 Å². The van der Waals surface area contributed by atoms with Gasteiger partial charge in [0.25, 0.3) is 5.69 Å². The molecule has 1 amide bonds. The maximum Gasteiger partial charge on any atom is 0.278 e. The SMILES string of the molecule is CC(C)(C)N(Cc1ccccc1)C(=O)CN1CCN(c2ccc([N+](=O)[O-])c3cnccc23)CC1. The molecule has 0 bridgehead atoms. The summed E-state index contributed by atoms with van der Waals surface area (Å²) in [4.78, 5) is 34.8. The van der Waals surface area contributed by atoms with Gasteiger partial charge in [-0.1, -0.05) is 30.3 Å². The third-order valence-electron chi connectivity index (χ3n) is 6.33. The summed E-state index contributed by atoms with van der Waals surface area (Å²) in [5.41, 5.74) is 1.88. The third kappa shape index (κ3) is 5.17. The number of hydrogen-bond acceptors (Lipinski definition) is 6. The fourth-order valence-corrected chi connectivity index (χ4v) is 4.48. The van der Waals surface area contributed by atoms with Crippen LogP contribution in [0, 0.1) is 10.1 Å². The van der Waals surface area contributed by atoms with Gasteiger partial charge < -0.3 is 9.80 Å². The molecule has 2 aromatic carbocycles. The first-order valence-corrected chi connectivity index (χ1v) is 11.6.